The standard InChI is InChI=1S/C14H27N3O/c1-12(2)17-10-13(9-16-17)8-15-11-14(3,4)6-7-18-5/h9-10,12,15H,6-8,11H2,1-5H3. The quantitative estimate of drug-likeness (QED) is 0.774. The van der Waals surface area contributed by atoms with Crippen LogP contribution < -0.4 is 5.32 Å². The normalized spacial score (nSPS) is 12.3. The van der Waals surface area contributed by atoms with Crippen molar-refractivity contribution in [2.24, 2.45) is 5.41 Å². The maximum absolute atomic E-state index is 5.13. The van der Waals surface area contributed by atoms with Crippen molar-refractivity contribution in [3.05, 3.63) is 18.0 Å². The predicted molar refractivity (Wildman–Crippen MR) is 74.6 cm³/mol. The number of hydrogen-bond acceptors (Lipinski definition) is 3. The smallest absolute Gasteiger partial charge is 0.0534 e. The zero-order chi connectivity index (χ0) is 13.6. The molecule has 18 heavy (non-hydrogen) atoms. The van der Waals surface area contributed by atoms with E-state index in [4.69, 9.17) is 4.74 Å². The average Bonchev–Trinajstić information content (AvgIpc) is 2.75. The van der Waals surface area contributed by atoms with Crippen LogP contribution in [-0.4, -0.2) is 30.0 Å². The van der Waals surface area contributed by atoms with Gasteiger partial charge in [0.05, 0.1) is 6.20 Å². The van der Waals surface area contributed by atoms with Gasteiger partial charge in [0.15, 0.2) is 0 Å². The van der Waals surface area contributed by atoms with Crippen molar-refractivity contribution in [1.82, 2.24) is 15.1 Å². The molecule has 0 amide bonds. The SMILES string of the molecule is COCCC(C)(C)CNCc1cnn(C(C)C)c1. The summed E-state index contributed by atoms with van der Waals surface area (Å²) in [7, 11) is 1.75. The highest BCUT2D eigenvalue weighted by atomic mass is 16.5. The zero-order valence-electron chi connectivity index (χ0n) is 12.4. The highest BCUT2D eigenvalue weighted by Gasteiger charge is 2.16. The molecule has 0 radical (unpaired) electrons. The molecule has 4 heteroatoms. The van der Waals surface area contributed by atoms with Crippen molar-refractivity contribution < 1.29 is 4.74 Å². The van der Waals surface area contributed by atoms with Gasteiger partial charge < -0.3 is 10.1 Å². The van der Waals surface area contributed by atoms with E-state index in [2.05, 4.69) is 44.3 Å². The van der Waals surface area contributed by atoms with E-state index in [9.17, 15) is 0 Å². The van der Waals surface area contributed by atoms with Crippen molar-refractivity contribution in [2.45, 2.75) is 46.7 Å². The van der Waals surface area contributed by atoms with Crippen LogP contribution >= 0.6 is 0 Å². The Labute approximate surface area is 111 Å². The van der Waals surface area contributed by atoms with Gasteiger partial charge in [-0.3, -0.25) is 4.68 Å². The predicted octanol–water partition coefficient (Wildman–Crippen LogP) is 2.62. The second kappa shape index (κ2) is 6.90. The Kier molecular flexibility index (Phi) is 5.82. The van der Waals surface area contributed by atoms with Gasteiger partial charge in [-0.05, 0) is 25.7 Å². The minimum Gasteiger partial charge on any atom is -0.385 e. The number of rotatable bonds is 8. The lowest BCUT2D eigenvalue weighted by Gasteiger charge is -2.24. The topological polar surface area (TPSA) is 39.1 Å². The number of nitrogens with one attached hydrogen (secondary N) is 1. The third-order valence-corrected chi connectivity index (χ3v) is 3.10. The fraction of sp³-hybridized carbons (Fsp3) is 0.786. The fourth-order valence-corrected chi connectivity index (χ4v) is 1.76. The second-order valence-corrected chi connectivity index (χ2v) is 5.93. The van der Waals surface area contributed by atoms with Crippen molar-refractivity contribution in [1.29, 1.82) is 0 Å². The summed E-state index contributed by atoms with van der Waals surface area (Å²) in [6.45, 7) is 11.5. The molecule has 0 aliphatic heterocycles. The van der Waals surface area contributed by atoms with Crippen LogP contribution in [0.1, 0.15) is 45.7 Å². The van der Waals surface area contributed by atoms with Crippen molar-refractivity contribution in [3.8, 4) is 0 Å². The van der Waals surface area contributed by atoms with Crippen LogP contribution in [0.4, 0.5) is 0 Å². The van der Waals surface area contributed by atoms with Crippen molar-refractivity contribution >= 4 is 0 Å². The molecule has 0 aliphatic carbocycles. The molecule has 1 rings (SSSR count). The first kappa shape index (κ1) is 15.2. The van der Waals surface area contributed by atoms with Crippen molar-refractivity contribution in [3.63, 3.8) is 0 Å². The minimum atomic E-state index is 0.268. The minimum absolute atomic E-state index is 0.268. The summed E-state index contributed by atoms with van der Waals surface area (Å²) in [5.41, 5.74) is 1.51. The molecule has 0 spiro atoms. The molecule has 1 aromatic heterocycles. The monoisotopic (exact) mass is 253 g/mol. The van der Waals surface area contributed by atoms with E-state index in [-0.39, 0.29) is 5.41 Å². The third kappa shape index (κ3) is 5.19. The molecule has 104 valence electrons. The van der Waals surface area contributed by atoms with Crippen LogP contribution in [0, 0.1) is 5.41 Å². The maximum atomic E-state index is 5.13. The molecule has 0 saturated heterocycles. The third-order valence-electron chi connectivity index (χ3n) is 3.10. The van der Waals surface area contributed by atoms with Gasteiger partial charge in [-0.1, -0.05) is 13.8 Å². The maximum Gasteiger partial charge on any atom is 0.0534 e. The number of ether oxygens (including phenoxy) is 1. The lowest BCUT2D eigenvalue weighted by atomic mass is 9.90. The van der Waals surface area contributed by atoms with Gasteiger partial charge in [-0.2, -0.15) is 5.10 Å². The largest absolute Gasteiger partial charge is 0.385 e. The molecule has 1 heterocycles. The van der Waals surface area contributed by atoms with E-state index in [1.165, 1.54) is 5.56 Å². The highest BCUT2D eigenvalue weighted by molar-refractivity contribution is 5.03. The van der Waals surface area contributed by atoms with E-state index in [0.29, 0.717) is 6.04 Å². The van der Waals surface area contributed by atoms with Gasteiger partial charge in [0.2, 0.25) is 0 Å². The van der Waals surface area contributed by atoms with Crippen molar-refractivity contribution in [2.75, 3.05) is 20.3 Å². The van der Waals surface area contributed by atoms with Crippen LogP contribution in [0.25, 0.3) is 0 Å². The Bertz CT molecular complexity index is 345. The lowest BCUT2D eigenvalue weighted by Crippen LogP contribution is -2.30. The summed E-state index contributed by atoms with van der Waals surface area (Å²) in [6.07, 6.45) is 5.12. The Morgan fingerprint density at radius 2 is 2.17 bits per heavy atom. The summed E-state index contributed by atoms with van der Waals surface area (Å²) in [6, 6.07) is 0.428. The molecule has 1 aromatic rings. The summed E-state index contributed by atoms with van der Waals surface area (Å²) in [4.78, 5) is 0. The Hall–Kier alpha value is -0.870. The molecule has 0 atom stereocenters. The van der Waals surface area contributed by atoms with Crippen LogP contribution in [-0.2, 0) is 11.3 Å². The van der Waals surface area contributed by atoms with Gasteiger partial charge in [-0.25, -0.2) is 0 Å². The molecule has 0 aliphatic rings. The first-order valence-corrected chi connectivity index (χ1v) is 6.67. The number of nitrogens with zero attached hydrogens (tertiary/aromatic N) is 2. The molecular formula is C14H27N3O. The van der Waals surface area contributed by atoms with E-state index in [0.717, 1.165) is 26.1 Å². The van der Waals surface area contributed by atoms with Crippen LogP contribution in [0.2, 0.25) is 0 Å². The lowest BCUT2D eigenvalue weighted by molar-refractivity contribution is 0.150. The van der Waals surface area contributed by atoms with Gasteiger partial charge in [0, 0.05) is 44.6 Å². The molecule has 4 nitrogen and oxygen atoms in total. The van der Waals surface area contributed by atoms with Crippen LogP contribution in [0.3, 0.4) is 0 Å². The molecule has 0 bridgehead atoms. The number of aromatic nitrogens is 2. The van der Waals surface area contributed by atoms with E-state index < -0.39 is 0 Å². The van der Waals surface area contributed by atoms with Gasteiger partial charge in [-0.15, -0.1) is 0 Å². The fourth-order valence-electron chi connectivity index (χ4n) is 1.76. The molecule has 0 aromatic carbocycles. The zero-order valence-corrected chi connectivity index (χ0v) is 12.4. The van der Waals surface area contributed by atoms with Crippen LogP contribution in [0.15, 0.2) is 12.4 Å². The first-order chi connectivity index (χ1) is 8.44. The first-order valence-electron chi connectivity index (χ1n) is 6.67. The second-order valence-electron chi connectivity index (χ2n) is 5.93. The summed E-state index contributed by atoms with van der Waals surface area (Å²) in [5, 5.41) is 7.83. The molecular weight excluding hydrogens is 226 g/mol. The van der Waals surface area contributed by atoms with E-state index in [1.54, 1.807) is 7.11 Å². The Morgan fingerprint density at radius 1 is 1.44 bits per heavy atom. The number of hydrogen-bond donors (Lipinski definition) is 1. The molecule has 1 N–H and O–H groups in total. The van der Waals surface area contributed by atoms with Gasteiger partial charge in [0.25, 0.3) is 0 Å². The Morgan fingerprint density at radius 3 is 2.72 bits per heavy atom. The summed E-state index contributed by atoms with van der Waals surface area (Å²) in [5.74, 6) is 0. The summed E-state index contributed by atoms with van der Waals surface area (Å²) < 4.78 is 7.12. The van der Waals surface area contributed by atoms with E-state index in [1.807, 2.05) is 10.9 Å². The highest BCUT2D eigenvalue weighted by Crippen LogP contribution is 2.18. The Balaban J connectivity index is 2.32. The molecule has 0 saturated carbocycles. The molecule has 0 unspecified atom stereocenters. The summed E-state index contributed by atoms with van der Waals surface area (Å²) >= 11 is 0. The van der Waals surface area contributed by atoms with E-state index >= 15 is 0 Å². The van der Waals surface area contributed by atoms with Gasteiger partial charge >= 0.3 is 0 Å². The average molecular weight is 253 g/mol. The van der Waals surface area contributed by atoms with Gasteiger partial charge in [0.1, 0.15) is 0 Å². The molecule has 0 fully saturated rings. The number of methoxy groups -OCH3 is 1. The van der Waals surface area contributed by atoms with Crippen LogP contribution in [0.5, 0.6) is 0 Å².